The molecule has 0 aromatic carbocycles. The van der Waals surface area contributed by atoms with Crippen LogP contribution in [0.2, 0.25) is 0 Å². The SMILES string of the molecule is Cc1cc(NC(=O)CN(C)S(C)(=O)=O)sn1. The Bertz CT molecular complexity index is 480. The Hall–Kier alpha value is -0.990. The van der Waals surface area contributed by atoms with Crippen molar-refractivity contribution in [2.24, 2.45) is 0 Å². The molecule has 0 aliphatic carbocycles. The van der Waals surface area contributed by atoms with Crippen molar-refractivity contribution in [3.8, 4) is 0 Å². The van der Waals surface area contributed by atoms with Gasteiger partial charge in [-0.15, -0.1) is 0 Å². The van der Waals surface area contributed by atoms with Crippen molar-refractivity contribution in [1.29, 1.82) is 0 Å². The van der Waals surface area contributed by atoms with E-state index < -0.39 is 10.0 Å². The second-order valence-electron chi connectivity index (χ2n) is 3.40. The number of aromatic nitrogens is 1. The maximum absolute atomic E-state index is 11.4. The molecule has 1 rings (SSSR count). The van der Waals surface area contributed by atoms with Gasteiger partial charge in [0.2, 0.25) is 15.9 Å². The molecule has 0 fully saturated rings. The molecule has 0 saturated carbocycles. The number of nitrogens with one attached hydrogen (secondary N) is 1. The average molecular weight is 263 g/mol. The number of carbonyl (C=O) groups excluding carboxylic acids is 1. The molecule has 6 nitrogen and oxygen atoms in total. The van der Waals surface area contributed by atoms with Crippen LogP contribution in [0.25, 0.3) is 0 Å². The van der Waals surface area contributed by atoms with Crippen LogP contribution in [0, 0.1) is 6.92 Å². The molecule has 90 valence electrons. The van der Waals surface area contributed by atoms with Crippen molar-refractivity contribution in [2.75, 3.05) is 25.2 Å². The Morgan fingerprint density at radius 2 is 2.25 bits per heavy atom. The fraction of sp³-hybridized carbons (Fsp3) is 0.500. The van der Waals surface area contributed by atoms with Crippen LogP contribution in [-0.4, -0.2) is 42.9 Å². The van der Waals surface area contributed by atoms with E-state index >= 15 is 0 Å². The number of hydrogen-bond acceptors (Lipinski definition) is 5. The van der Waals surface area contributed by atoms with Crippen LogP contribution in [0.1, 0.15) is 5.69 Å². The van der Waals surface area contributed by atoms with Gasteiger partial charge in [0.1, 0.15) is 5.00 Å². The molecule has 1 aromatic heterocycles. The van der Waals surface area contributed by atoms with Crippen LogP contribution in [0.15, 0.2) is 6.07 Å². The summed E-state index contributed by atoms with van der Waals surface area (Å²) in [6, 6.07) is 1.73. The predicted molar refractivity (Wildman–Crippen MR) is 63.0 cm³/mol. The molecule has 1 aromatic rings. The maximum Gasteiger partial charge on any atom is 0.240 e. The molecule has 0 aliphatic rings. The van der Waals surface area contributed by atoms with E-state index in [2.05, 4.69) is 9.69 Å². The van der Waals surface area contributed by atoms with Gasteiger partial charge < -0.3 is 5.32 Å². The fourth-order valence-corrected chi connectivity index (χ4v) is 1.95. The van der Waals surface area contributed by atoms with E-state index in [1.165, 1.54) is 7.05 Å². The first-order chi connectivity index (χ1) is 7.29. The molecule has 0 spiro atoms. The standard InChI is InChI=1S/C8H13N3O3S2/c1-6-4-8(15-10-6)9-7(12)5-11(2)16(3,13)14/h4H,5H2,1-3H3,(H,9,12). The van der Waals surface area contributed by atoms with Gasteiger partial charge in [-0.2, -0.15) is 8.68 Å². The molecule has 16 heavy (non-hydrogen) atoms. The first kappa shape index (κ1) is 13.1. The second-order valence-corrected chi connectivity index (χ2v) is 6.29. The molecular formula is C8H13N3O3S2. The predicted octanol–water partition coefficient (Wildman–Crippen LogP) is 0.281. The minimum Gasteiger partial charge on any atom is -0.315 e. The lowest BCUT2D eigenvalue weighted by Crippen LogP contribution is -2.34. The van der Waals surface area contributed by atoms with Crippen LogP contribution in [0.5, 0.6) is 0 Å². The number of nitrogens with zero attached hydrogens (tertiary/aromatic N) is 2. The van der Waals surface area contributed by atoms with Crippen LogP contribution in [0.4, 0.5) is 5.00 Å². The molecule has 0 bridgehead atoms. The molecule has 1 amide bonds. The summed E-state index contributed by atoms with van der Waals surface area (Å²) in [5, 5.41) is 3.19. The van der Waals surface area contributed by atoms with Crippen molar-refractivity contribution in [3.05, 3.63) is 11.8 Å². The number of likely N-dealkylation sites (N-methyl/N-ethyl adjacent to an activating group) is 1. The molecule has 8 heteroatoms. The third-order valence-corrected chi connectivity index (χ3v) is 3.88. The van der Waals surface area contributed by atoms with E-state index in [1.807, 2.05) is 6.92 Å². The monoisotopic (exact) mass is 263 g/mol. The van der Waals surface area contributed by atoms with E-state index in [-0.39, 0.29) is 12.5 Å². The summed E-state index contributed by atoms with van der Waals surface area (Å²) < 4.78 is 27.1. The third kappa shape index (κ3) is 3.87. The highest BCUT2D eigenvalue weighted by Gasteiger charge is 2.15. The number of carbonyl (C=O) groups is 1. The zero-order chi connectivity index (χ0) is 12.3. The minimum absolute atomic E-state index is 0.199. The normalized spacial score (nSPS) is 11.8. The van der Waals surface area contributed by atoms with Gasteiger partial charge in [0.05, 0.1) is 18.5 Å². The number of sulfonamides is 1. The number of hydrogen-bond donors (Lipinski definition) is 1. The Morgan fingerprint density at radius 3 is 2.69 bits per heavy atom. The average Bonchev–Trinajstić information content (AvgIpc) is 2.49. The van der Waals surface area contributed by atoms with E-state index in [0.29, 0.717) is 5.00 Å². The minimum atomic E-state index is -3.32. The number of aryl methyl sites for hydroxylation is 1. The summed E-state index contributed by atoms with van der Waals surface area (Å²) in [5.74, 6) is -0.378. The summed E-state index contributed by atoms with van der Waals surface area (Å²) in [6.45, 7) is 1.62. The maximum atomic E-state index is 11.4. The summed E-state index contributed by atoms with van der Waals surface area (Å²) in [4.78, 5) is 11.4. The van der Waals surface area contributed by atoms with E-state index in [0.717, 1.165) is 27.8 Å². The zero-order valence-corrected chi connectivity index (χ0v) is 10.9. The topological polar surface area (TPSA) is 79.4 Å². The largest absolute Gasteiger partial charge is 0.315 e. The van der Waals surface area contributed by atoms with E-state index in [9.17, 15) is 13.2 Å². The first-order valence-corrected chi connectivity index (χ1v) is 7.05. The van der Waals surface area contributed by atoms with Crippen molar-refractivity contribution in [1.82, 2.24) is 8.68 Å². The van der Waals surface area contributed by atoms with Gasteiger partial charge in [-0.05, 0) is 24.5 Å². The third-order valence-electron chi connectivity index (χ3n) is 1.82. The highest BCUT2D eigenvalue weighted by molar-refractivity contribution is 7.88. The molecule has 1 heterocycles. The fourth-order valence-electron chi connectivity index (χ4n) is 0.919. The smallest absolute Gasteiger partial charge is 0.240 e. The zero-order valence-electron chi connectivity index (χ0n) is 9.22. The van der Waals surface area contributed by atoms with Crippen LogP contribution >= 0.6 is 11.5 Å². The van der Waals surface area contributed by atoms with Crippen molar-refractivity contribution in [3.63, 3.8) is 0 Å². The molecule has 0 radical (unpaired) electrons. The summed E-state index contributed by atoms with van der Waals surface area (Å²) in [6.07, 6.45) is 1.05. The first-order valence-electron chi connectivity index (χ1n) is 4.43. The van der Waals surface area contributed by atoms with Gasteiger partial charge in [0, 0.05) is 7.05 Å². The molecule has 1 N–H and O–H groups in total. The van der Waals surface area contributed by atoms with Crippen LogP contribution in [-0.2, 0) is 14.8 Å². The Labute approximate surface area is 98.5 Å². The second kappa shape index (κ2) is 4.89. The van der Waals surface area contributed by atoms with Gasteiger partial charge in [0.15, 0.2) is 0 Å². The van der Waals surface area contributed by atoms with Crippen molar-refractivity contribution >= 4 is 32.5 Å². The molecule has 0 unspecified atom stereocenters. The highest BCUT2D eigenvalue weighted by atomic mass is 32.2. The Kier molecular flexibility index (Phi) is 4.00. The number of rotatable bonds is 4. The van der Waals surface area contributed by atoms with Crippen molar-refractivity contribution < 1.29 is 13.2 Å². The van der Waals surface area contributed by atoms with Gasteiger partial charge in [-0.1, -0.05) is 0 Å². The van der Waals surface area contributed by atoms with Crippen LogP contribution in [0.3, 0.4) is 0 Å². The summed E-state index contributed by atoms with van der Waals surface area (Å²) in [5.41, 5.74) is 0.816. The lowest BCUT2D eigenvalue weighted by molar-refractivity contribution is -0.116. The van der Waals surface area contributed by atoms with Crippen molar-refractivity contribution in [2.45, 2.75) is 6.92 Å². The molecule has 0 saturated heterocycles. The van der Waals surface area contributed by atoms with Crippen LogP contribution < -0.4 is 5.32 Å². The Balaban J connectivity index is 2.55. The van der Waals surface area contributed by atoms with Gasteiger partial charge in [-0.3, -0.25) is 4.79 Å². The summed E-state index contributed by atoms with van der Waals surface area (Å²) >= 11 is 1.16. The van der Waals surface area contributed by atoms with E-state index in [4.69, 9.17) is 0 Å². The number of amides is 1. The van der Waals surface area contributed by atoms with Gasteiger partial charge in [-0.25, -0.2) is 8.42 Å². The Morgan fingerprint density at radius 1 is 1.62 bits per heavy atom. The van der Waals surface area contributed by atoms with E-state index in [1.54, 1.807) is 6.07 Å². The summed E-state index contributed by atoms with van der Waals surface area (Å²) in [7, 11) is -1.97. The number of anilines is 1. The lowest BCUT2D eigenvalue weighted by Gasteiger charge is -2.12. The quantitative estimate of drug-likeness (QED) is 0.846. The molecule has 0 aliphatic heterocycles. The van der Waals surface area contributed by atoms with Gasteiger partial charge >= 0.3 is 0 Å². The molecular weight excluding hydrogens is 250 g/mol. The van der Waals surface area contributed by atoms with Gasteiger partial charge in [0.25, 0.3) is 0 Å². The highest BCUT2D eigenvalue weighted by Crippen LogP contribution is 2.15. The lowest BCUT2D eigenvalue weighted by atomic mass is 10.5. The molecule has 0 atom stereocenters.